The Balaban J connectivity index is 4.80. The maximum absolute atomic E-state index is 11.6. The molecule has 0 spiro atoms. The molecule has 0 aromatic rings. The molecule has 0 aromatic heterocycles. The van der Waals surface area contributed by atoms with Crippen molar-refractivity contribution in [1.82, 2.24) is 0 Å². The second-order valence-corrected chi connectivity index (χ2v) is 5.67. The normalized spacial score (nSPS) is 14.9. The van der Waals surface area contributed by atoms with Gasteiger partial charge in [-0.3, -0.25) is 0 Å². The maximum Gasteiger partial charge on any atom is 0.331 e. The lowest BCUT2D eigenvalue weighted by Gasteiger charge is -2.36. The van der Waals surface area contributed by atoms with E-state index < -0.39 is 17.5 Å². The number of likely N-dealkylation sites (N-methyl/N-ethyl adjacent to an activating group) is 1. The van der Waals surface area contributed by atoms with Gasteiger partial charge in [0.15, 0.2) is 5.60 Å². The van der Waals surface area contributed by atoms with E-state index in [9.17, 15) is 19.5 Å². The van der Waals surface area contributed by atoms with Crippen molar-refractivity contribution in [2.45, 2.75) is 25.4 Å². The van der Waals surface area contributed by atoms with E-state index >= 15 is 0 Å². The molecule has 0 fully saturated rings. The summed E-state index contributed by atoms with van der Waals surface area (Å²) in [5, 5.41) is 10.8. The van der Waals surface area contributed by atoms with Crippen LogP contribution in [-0.4, -0.2) is 56.0 Å². The van der Waals surface area contributed by atoms with Gasteiger partial charge in [-0.2, -0.15) is 0 Å². The largest absolute Gasteiger partial charge is 0.550 e. The SMILES string of the molecule is CC(CC(=O)[O-])(C[N+](C)(C)C)OC(=O)C=CCC=O. The van der Waals surface area contributed by atoms with E-state index in [1.165, 1.54) is 6.08 Å². The van der Waals surface area contributed by atoms with E-state index in [1.54, 1.807) is 6.92 Å². The molecule has 0 aromatic carbocycles. The Morgan fingerprint density at radius 1 is 1.32 bits per heavy atom. The van der Waals surface area contributed by atoms with Crippen LogP contribution in [0.15, 0.2) is 12.2 Å². The predicted octanol–water partition coefficient (Wildman–Crippen LogP) is -0.720. The van der Waals surface area contributed by atoms with Crippen LogP contribution in [0.25, 0.3) is 0 Å². The molecule has 0 heterocycles. The molecule has 0 rings (SSSR count). The molecule has 19 heavy (non-hydrogen) atoms. The van der Waals surface area contributed by atoms with Gasteiger partial charge in [0.1, 0.15) is 12.8 Å². The molecular weight excluding hydrogens is 250 g/mol. The summed E-state index contributed by atoms with van der Waals surface area (Å²) in [4.78, 5) is 32.4. The number of carboxylic acids is 1. The fourth-order valence-electron chi connectivity index (χ4n) is 1.93. The zero-order chi connectivity index (χ0) is 15.1. The molecule has 6 heteroatoms. The lowest BCUT2D eigenvalue weighted by molar-refractivity contribution is -0.876. The molecule has 0 saturated heterocycles. The number of aliphatic carboxylic acids is 1. The van der Waals surface area contributed by atoms with Crippen LogP contribution in [0.1, 0.15) is 19.8 Å². The molecule has 108 valence electrons. The Morgan fingerprint density at radius 2 is 1.89 bits per heavy atom. The third-order valence-corrected chi connectivity index (χ3v) is 2.16. The number of carbonyl (C=O) groups is 3. The van der Waals surface area contributed by atoms with Gasteiger partial charge < -0.3 is 23.9 Å². The highest BCUT2D eigenvalue weighted by molar-refractivity contribution is 5.83. The number of hydrogen-bond acceptors (Lipinski definition) is 5. The maximum atomic E-state index is 11.6. The minimum absolute atomic E-state index is 0.113. The monoisotopic (exact) mass is 271 g/mol. The summed E-state index contributed by atoms with van der Waals surface area (Å²) in [6, 6.07) is 0. The Labute approximate surface area is 113 Å². The summed E-state index contributed by atoms with van der Waals surface area (Å²) in [5.74, 6) is -1.94. The van der Waals surface area contributed by atoms with Crippen LogP contribution in [0.5, 0.6) is 0 Å². The van der Waals surface area contributed by atoms with E-state index in [2.05, 4.69) is 0 Å². The van der Waals surface area contributed by atoms with Crippen LogP contribution in [0.4, 0.5) is 0 Å². The van der Waals surface area contributed by atoms with Crippen molar-refractivity contribution in [3.8, 4) is 0 Å². The van der Waals surface area contributed by atoms with E-state index in [1.807, 2.05) is 21.1 Å². The van der Waals surface area contributed by atoms with Crippen LogP contribution >= 0.6 is 0 Å². The molecule has 0 aliphatic heterocycles. The van der Waals surface area contributed by atoms with Crippen molar-refractivity contribution < 1.29 is 28.7 Å². The molecule has 0 aliphatic carbocycles. The van der Waals surface area contributed by atoms with Gasteiger partial charge in [0.2, 0.25) is 0 Å². The highest BCUT2D eigenvalue weighted by Gasteiger charge is 2.34. The molecule has 0 bridgehead atoms. The first-order valence-electron chi connectivity index (χ1n) is 5.91. The fraction of sp³-hybridized carbons (Fsp3) is 0.615. The van der Waals surface area contributed by atoms with Crippen LogP contribution in [0.2, 0.25) is 0 Å². The van der Waals surface area contributed by atoms with E-state index in [-0.39, 0.29) is 12.8 Å². The molecular formula is C13H21NO5. The third-order valence-electron chi connectivity index (χ3n) is 2.16. The first-order chi connectivity index (χ1) is 8.58. The minimum Gasteiger partial charge on any atom is -0.550 e. The minimum atomic E-state index is -1.28. The average molecular weight is 271 g/mol. The topological polar surface area (TPSA) is 83.5 Å². The number of carboxylic acid groups (broad SMARTS) is 1. The molecule has 0 aliphatic rings. The van der Waals surface area contributed by atoms with Gasteiger partial charge >= 0.3 is 5.97 Å². The number of rotatable bonds is 8. The van der Waals surface area contributed by atoms with Crippen LogP contribution < -0.4 is 5.11 Å². The third kappa shape index (κ3) is 8.96. The van der Waals surface area contributed by atoms with E-state index in [0.717, 1.165) is 6.08 Å². The fourth-order valence-corrected chi connectivity index (χ4v) is 1.93. The molecule has 6 nitrogen and oxygen atoms in total. The van der Waals surface area contributed by atoms with Crippen molar-refractivity contribution in [3.05, 3.63) is 12.2 Å². The quantitative estimate of drug-likeness (QED) is 0.252. The summed E-state index contributed by atoms with van der Waals surface area (Å²) in [5.41, 5.74) is -1.15. The number of ether oxygens (including phenoxy) is 1. The Bertz CT molecular complexity index is 370. The van der Waals surface area contributed by atoms with Crippen molar-refractivity contribution in [2.24, 2.45) is 0 Å². The van der Waals surface area contributed by atoms with Crippen molar-refractivity contribution >= 4 is 18.2 Å². The summed E-state index contributed by atoms with van der Waals surface area (Å²) < 4.78 is 5.63. The zero-order valence-corrected chi connectivity index (χ0v) is 11.8. The van der Waals surface area contributed by atoms with Gasteiger partial charge in [0.25, 0.3) is 0 Å². The first-order valence-corrected chi connectivity index (χ1v) is 5.91. The Kier molecular flexibility index (Phi) is 6.41. The molecule has 0 saturated carbocycles. The van der Waals surface area contributed by atoms with Crippen molar-refractivity contribution in [2.75, 3.05) is 27.7 Å². The number of hydrogen-bond donors (Lipinski definition) is 0. The van der Waals surface area contributed by atoms with Gasteiger partial charge in [-0.05, 0) is 6.92 Å². The summed E-state index contributed by atoms with van der Waals surface area (Å²) in [7, 11) is 5.59. The van der Waals surface area contributed by atoms with Crippen LogP contribution in [0, 0.1) is 0 Å². The predicted molar refractivity (Wildman–Crippen MR) is 66.8 cm³/mol. The second-order valence-electron chi connectivity index (χ2n) is 5.67. The molecule has 1 atom stereocenters. The smallest absolute Gasteiger partial charge is 0.331 e. The number of aldehydes is 1. The Hall–Kier alpha value is -1.69. The van der Waals surface area contributed by atoms with Crippen LogP contribution in [-0.2, 0) is 19.1 Å². The second kappa shape index (κ2) is 7.04. The molecule has 0 N–H and O–H groups in total. The van der Waals surface area contributed by atoms with Crippen molar-refractivity contribution in [3.63, 3.8) is 0 Å². The molecule has 0 radical (unpaired) electrons. The summed E-state index contributed by atoms with van der Waals surface area (Å²) in [6.07, 6.45) is 2.87. The number of nitrogens with zero attached hydrogens (tertiary/aromatic N) is 1. The number of allylic oxidation sites excluding steroid dienone is 1. The van der Waals surface area contributed by atoms with Crippen molar-refractivity contribution in [1.29, 1.82) is 0 Å². The van der Waals surface area contributed by atoms with Gasteiger partial charge in [0.05, 0.1) is 21.1 Å². The van der Waals surface area contributed by atoms with E-state index in [4.69, 9.17) is 4.74 Å². The standard InChI is InChI=1S/C13H21NO5/c1-13(9-11(16)17,10-14(2,3)4)19-12(18)7-5-6-8-15/h5,7-8H,6,9-10H2,1-4H3. The number of esters is 1. The lowest BCUT2D eigenvalue weighted by Crippen LogP contribution is -2.52. The van der Waals surface area contributed by atoms with Gasteiger partial charge in [-0.15, -0.1) is 0 Å². The van der Waals surface area contributed by atoms with Gasteiger partial charge in [-0.25, -0.2) is 4.79 Å². The average Bonchev–Trinajstić information content (AvgIpc) is 2.11. The van der Waals surface area contributed by atoms with E-state index in [0.29, 0.717) is 17.3 Å². The summed E-state index contributed by atoms with van der Waals surface area (Å²) >= 11 is 0. The molecule has 0 amide bonds. The summed E-state index contributed by atoms with van der Waals surface area (Å²) in [6.45, 7) is 1.88. The van der Waals surface area contributed by atoms with Gasteiger partial charge in [0, 0.05) is 24.9 Å². The lowest BCUT2D eigenvalue weighted by atomic mass is 10.0. The van der Waals surface area contributed by atoms with Gasteiger partial charge in [-0.1, -0.05) is 6.08 Å². The first kappa shape index (κ1) is 17.3. The highest BCUT2D eigenvalue weighted by Crippen LogP contribution is 2.19. The number of quaternary nitrogens is 1. The number of carbonyl (C=O) groups excluding carboxylic acids is 3. The zero-order valence-electron chi connectivity index (χ0n) is 11.8. The van der Waals surface area contributed by atoms with Crippen LogP contribution in [0.3, 0.4) is 0 Å². The Morgan fingerprint density at radius 3 is 2.32 bits per heavy atom. The highest BCUT2D eigenvalue weighted by atomic mass is 16.6. The molecule has 1 unspecified atom stereocenters.